The van der Waals surface area contributed by atoms with Crippen molar-refractivity contribution in [3.63, 3.8) is 0 Å². The van der Waals surface area contributed by atoms with E-state index in [1.165, 1.54) is 12.1 Å². The highest BCUT2D eigenvalue weighted by Crippen LogP contribution is 2.22. The Kier molecular flexibility index (Phi) is 5.97. The standard InChI is InChI=1S/C14H14N2O6.ClH/c1-14(8-4-5-10(15-14)9-21-16(19)20)22-13(18)11-6-2-3-7-12(11)17;/h2-8,15,17H,9H2,1H3;1H. The molecule has 0 bridgehead atoms. The van der Waals surface area contributed by atoms with E-state index in [0.29, 0.717) is 5.70 Å². The topological polar surface area (TPSA) is 111 Å². The van der Waals surface area contributed by atoms with E-state index >= 15 is 0 Å². The zero-order chi connectivity index (χ0) is 16.2. The Morgan fingerprint density at radius 1 is 1.43 bits per heavy atom. The van der Waals surface area contributed by atoms with Crippen molar-refractivity contribution >= 4 is 18.4 Å². The fourth-order valence-corrected chi connectivity index (χ4v) is 1.91. The monoisotopic (exact) mass is 342 g/mol. The van der Waals surface area contributed by atoms with Crippen LogP contribution in [0.2, 0.25) is 0 Å². The van der Waals surface area contributed by atoms with Crippen molar-refractivity contribution in [2.75, 3.05) is 6.61 Å². The minimum Gasteiger partial charge on any atom is -0.507 e. The van der Waals surface area contributed by atoms with Gasteiger partial charge in [0.05, 0.1) is 0 Å². The molecular weight excluding hydrogens is 328 g/mol. The van der Waals surface area contributed by atoms with Crippen molar-refractivity contribution in [1.82, 2.24) is 5.32 Å². The fraction of sp³-hybridized carbons (Fsp3) is 0.214. The second-order valence-corrected chi connectivity index (χ2v) is 4.69. The van der Waals surface area contributed by atoms with Crippen LogP contribution >= 0.6 is 12.4 Å². The molecule has 0 amide bonds. The van der Waals surface area contributed by atoms with Gasteiger partial charge in [0.15, 0.2) is 0 Å². The first-order chi connectivity index (χ1) is 10.4. The SMILES string of the molecule is CC1(OC(=O)c2ccccc2O)C=CC=C(CO[N+](=O)[O-])N1.Cl. The molecule has 1 atom stereocenters. The van der Waals surface area contributed by atoms with Crippen LogP contribution in [0, 0.1) is 10.1 Å². The lowest BCUT2D eigenvalue weighted by molar-refractivity contribution is -0.755. The summed E-state index contributed by atoms with van der Waals surface area (Å²) in [5, 5.41) is 21.8. The van der Waals surface area contributed by atoms with Crippen molar-refractivity contribution in [3.8, 4) is 5.75 Å². The number of hydrogen-bond acceptors (Lipinski definition) is 7. The molecule has 0 radical (unpaired) electrons. The first-order valence-corrected chi connectivity index (χ1v) is 6.35. The van der Waals surface area contributed by atoms with E-state index in [4.69, 9.17) is 4.74 Å². The molecule has 9 heteroatoms. The molecule has 8 nitrogen and oxygen atoms in total. The molecule has 0 spiro atoms. The number of allylic oxidation sites excluding steroid dienone is 2. The number of rotatable bonds is 5. The molecule has 124 valence electrons. The first-order valence-electron chi connectivity index (χ1n) is 6.35. The highest BCUT2D eigenvalue weighted by molar-refractivity contribution is 5.92. The molecule has 1 unspecified atom stereocenters. The molecular formula is C14H15ClN2O6. The fourth-order valence-electron chi connectivity index (χ4n) is 1.91. The summed E-state index contributed by atoms with van der Waals surface area (Å²) in [6.07, 6.45) is 4.73. The van der Waals surface area contributed by atoms with Gasteiger partial charge in [-0.25, -0.2) is 4.79 Å². The number of halogens is 1. The van der Waals surface area contributed by atoms with Crippen LogP contribution < -0.4 is 5.32 Å². The van der Waals surface area contributed by atoms with Crippen LogP contribution in [-0.4, -0.2) is 28.5 Å². The normalized spacial score (nSPS) is 18.9. The molecule has 2 N–H and O–H groups in total. The number of phenolic OH excluding ortho intramolecular Hbond substituents is 1. The minimum atomic E-state index is -1.20. The summed E-state index contributed by atoms with van der Waals surface area (Å²) >= 11 is 0. The quantitative estimate of drug-likeness (QED) is 0.478. The maximum Gasteiger partial charge on any atom is 0.344 e. The van der Waals surface area contributed by atoms with Crippen LogP contribution in [0.3, 0.4) is 0 Å². The van der Waals surface area contributed by atoms with Crippen LogP contribution in [0.4, 0.5) is 0 Å². The zero-order valence-corrected chi connectivity index (χ0v) is 12.9. The third-order valence-corrected chi connectivity index (χ3v) is 2.87. The average Bonchev–Trinajstić information content (AvgIpc) is 2.45. The van der Waals surface area contributed by atoms with Gasteiger partial charge in [0.25, 0.3) is 5.09 Å². The number of benzene rings is 1. The van der Waals surface area contributed by atoms with Gasteiger partial charge < -0.3 is 20.0 Å². The van der Waals surface area contributed by atoms with Gasteiger partial charge in [0.2, 0.25) is 5.72 Å². The molecule has 0 saturated heterocycles. The predicted molar refractivity (Wildman–Crippen MR) is 82.5 cm³/mol. The van der Waals surface area contributed by atoms with Crippen LogP contribution in [-0.2, 0) is 9.57 Å². The number of carbonyl (C=O) groups excluding carboxylic acids is 1. The summed E-state index contributed by atoms with van der Waals surface area (Å²) < 4.78 is 5.32. The van der Waals surface area contributed by atoms with Gasteiger partial charge >= 0.3 is 5.97 Å². The molecule has 23 heavy (non-hydrogen) atoms. The third kappa shape index (κ3) is 4.89. The maximum absolute atomic E-state index is 12.1. The number of esters is 1. The van der Waals surface area contributed by atoms with Crippen molar-refractivity contribution in [2.24, 2.45) is 0 Å². The van der Waals surface area contributed by atoms with Crippen LogP contribution in [0.1, 0.15) is 17.3 Å². The van der Waals surface area contributed by atoms with Crippen LogP contribution in [0.5, 0.6) is 5.75 Å². The Labute approximate surface area is 137 Å². The molecule has 0 aliphatic carbocycles. The number of hydrogen-bond donors (Lipinski definition) is 2. The Morgan fingerprint density at radius 2 is 2.13 bits per heavy atom. The van der Waals surface area contributed by atoms with Crippen molar-refractivity contribution in [3.05, 3.63) is 63.9 Å². The molecule has 1 aliphatic heterocycles. The summed E-state index contributed by atoms with van der Waals surface area (Å²) in [4.78, 5) is 26.6. The largest absolute Gasteiger partial charge is 0.507 e. The highest BCUT2D eigenvalue weighted by Gasteiger charge is 2.29. The molecule has 1 heterocycles. The van der Waals surface area contributed by atoms with Gasteiger partial charge in [-0.05, 0) is 31.2 Å². The summed E-state index contributed by atoms with van der Waals surface area (Å²) in [6.45, 7) is 1.28. The minimum absolute atomic E-state index is 0. The van der Waals surface area contributed by atoms with E-state index in [2.05, 4.69) is 10.2 Å². The molecule has 1 aliphatic rings. The van der Waals surface area contributed by atoms with E-state index < -0.39 is 16.8 Å². The van der Waals surface area contributed by atoms with Crippen molar-refractivity contribution in [1.29, 1.82) is 0 Å². The number of nitrogens with zero attached hydrogens (tertiary/aromatic N) is 1. The van der Waals surface area contributed by atoms with Gasteiger partial charge in [-0.2, -0.15) is 0 Å². The van der Waals surface area contributed by atoms with E-state index in [9.17, 15) is 20.0 Å². The number of para-hydroxylation sites is 1. The number of nitrogens with one attached hydrogen (secondary N) is 1. The lowest BCUT2D eigenvalue weighted by Crippen LogP contribution is -2.46. The van der Waals surface area contributed by atoms with Gasteiger partial charge in [-0.3, -0.25) is 0 Å². The van der Waals surface area contributed by atoms with Crippen LogP contribution in [0.25, 0.3) is 0 Å². The Morgan fingerprint density at radius 3 is 2.78 bits per heavy atom. The molecule has 0 aromatic heterocycles. The number of carbonyl (C=O) groups is 1. The summed E-state index contributed by atoms with van der Waals surface area (Å²) in [6, 6.07) is 5.99. The van der Waals surface area contributed by atoms with Gasteiger partial charge in [0, 0.05) is 5.70 Å². The summed E-state index contributed by atoms with van der Waals surface area (Å²) in [7, 11) is 0. The molecule has 1 aromatic carbocycles. The number of phenols is 1. The van der Waals surface area contributed by atoms with E-state index in [-0.39, 0.29) is 30.3 Å². The van der Waals surface area contributed by atoms with E-state index in [0.717, 1.165) is 0 Å². The van der Waals surface area contributed by atoms with Gasteiger partial charge in [-0.15, -0.1) is 22.5 Å². The molecule has 2 rings (SSSR count). The number of aromatic hydroxyl groups is 1. The van der Waals surface area contributed by atoms with Crippen molar-refractivity contribution < 1.29 is 24.6 Å². The molecule has 1 aromatic rings. The Bertz CT molecular complexity index is 660. The third-order valence-electron chi connectivity index (χ3n) is 2.87. The molecule has 0 saturated carbocycles. The summed E-state index contributed by atoms with van der Waals surface area (Å²) in [5.41, 5.74) is -0.799. The molecule has 0 fully saturated rings. The lowest BCUT2D eigenvalue weighted by Gasteiger charge is -2.31. The highest BCUT2D eigenvalue weighted by atomic mass is 35.5. The second-order valence-electron chi connectivity index (χ2n) is 4.69. The van der Waals surface area contributed by atoms with E-state index in [1.807, 2.05) is 0 Å². The first kappa shape index (κ1) is 18.3. The smallest absolute Gasteiger partial charge is 0.344 e. The Balaban J connectivity index is 0.00000264. The predicted octanol–water partition coefficient (Wildman–Crippen LogP) is 1.94. The summed E-state index contributed by atoms with van der Waals surface area (Å²) in [5.74, 6) is -0.919. The van der Waals surface area contributed by atoms with E-state index in [1.54, 1.807) is 37.3 Å². The average molecular weight is 343 g/mol. The second kappa shape index (κ2) is 7.50. The maximum atomic E-state index is 12.1. The lowest BCUT2D eigenvalue weighted by atomic mass is 10.1. The van der Waals surface area contributed by atoms with Crippen LogP contribution in [0.15, 0.2) is 48.2 Å². The Hall–Kier alpha value is -2.74. The van der Waals surface area contributed by atoms with Crippen molar-refractivity contribution in [2.45, 2.75) is 12.6 Å². The zero-order valence-electron chi connectivity index (χ0n) is 12.1. The number of ether oxygens (including phenoxy) is 1. The van der Waals surface area contributed by atoms with Gasteiger partial charge in [-0.1, -0.05) is 18.2 Å². The van der Waals surface area contributed by atoms with Gasteiger partial charge in [0.1, 0.15) is 17.9 Å². The number of dihydropyridines is 1.